The summed E-state index contributed by atoms with van der Waals surface area (Å²) in [5.41, 5.74) is 2.48. The lowest BCUT2D eigenvalue weighted by Crippen LogP contribution is -2.54. The van der Waals surface area contributed by atoms with Gasteiger partial charge in [0, 0.05) is 41.3 Å². The van der Waals surface area contributed by atoms with Crippen molar-refractivity contribution in [1.29, 1.82) is 0 Å². The van der Waals surface area contributed by atoms with E-state index < -0.39 is 0 Å². The van der Waals surface area contributed by atoms with Crippen molar-refractivity contribution in [3.8, 4) is 22.6 Å². The molecule has 1 aromatic heterocycles. The number of hydrogen-bond acceptors (Lipinski definition) is 5. The highest BCUT2D eigenvalue weighted by atomic mass is 35.5. The van der Waals surface area contributed by atoms with E-state index >= 15 is 0 Å². The Morgan fingerprint density at radius 2 is 1.68 bits per heavy atom. The van der Waals surface area contributed by atoms with Crippen LogP contribution in [0.5, 0.6) is 0 Å². The van der Waals surface area contributed by atoms with Crippen molar-refractivity contribution in [2.75, 3.05) is 18.0 Å². The standard InChI is InChI=1S/C21H21Cl2N5/c1-13-11-28(12-14(2)24-13)21-19(15-6-4-3-5-7-15)26-27-20(25-21)17-9-8-16(22)10-18(17)23/h3-10,13-14,24H,11-12H2,1-2H3/t13-,14-/m1/s1. The molecule has 5 nitrogen and oxygen atoms in total. The van der Waals surface area contributed by atoms with Gasteiger partial charge in [0.05, 0.1) is 5.02 Å². The monoisotopic (exact) mass is 413 g/mol. The first-order valence-electron chi connectivity index (χ1n) is 9.28. The topological polar surface area (TPSA) is 53.9 Å². The molecular formula is C21H21Cl2N5. The van der Waals surface area contributed by atoms with Gasteiger partial charge in [0.25, 0.3) is 0 Å². The molecule has 0 bridgehead atoms. The first kappa shape index (κ1) is 19.1. The Kier molecular flexibility index (Phi) is 5.49. The van der Waals surface area contributed by atoms with E-state index in [0.717, 1.165) is 35.7 Å². The Balaban J connectivity index is 1.84. The number of nitrogens with one attached hydrogen (secondary N) is 1. The summed E-state index contributed by atoms with van der Waals surface area (Å²) >= 11 is 12.4. The molecule has 1 fully saturated rings. The van der Waals surface area contributed by atoms with Gasteiger partial charge in [-0.15, -0.1) is 10.2 Å². The van der Waals surface area contributed by atoms with Crippen molar-refractivity contribution in [3.05, 3.63) is 58.6 Å². The van der Waals surface area contributed by atoms with Gasteiger partial charge in [-0.25, -0.2) is 4.98 Å². The zero-order chi connectivity index (χ0) is 19.7. The smallest absolute Gasteiger partial charge is 0.185 e. The summed E-state index contributed by atoms with van der Waals surface area (Å²) in [5, 5.41) is 13.6. The second-order valence-corrected chi connectivity index (χ2v) is 8.02. The van der Waals surface area contributed by atoms with E-state index in [1.54, 1.807) is 12.1 Å². The number of benzene rings is 2. The fraction of sp³-hybridized carbons (Fsp3) is 0.286. The zero-order valence-electron chi connectivity index (χ0n) is 15.7. The Bertz CT molecular complexity index is 970. The van der Waals surface area contributed by atoms with Crippen molar-refractivity contribution in [1.82, 2.24) is 20.5 Å². The number of nitrogens with zero attached hydrogens (tertiary/aromatic N) is 4. The molecule has 7 heteroatoms. The van der Waals surface area contributed by atoms with Crippen molar-refractivity contribution in [2.45, 2.75) is 25.9 Å². The summed E-state index contributed by atoms with van der Waals surface area (Å²) in [5.74, 6) is 1.32. The van der Waals surface area contributed by atoms with Gasteiger partial charge in [0.15, 0.2) is 11.6 Å². The van der Waals surface area contributed by atoms with Crippen LogP contribution in [0.3, 0.4) is 0 Å². The second kappa shape index (κ2) is 8.03. The van der Waals surface area contributed by atoms with Gasteiger partial charge >= 0.3 is 0 Å². The van der Waals surface area contributed by atoms with Crippen LogP contribution >= 0.6 is 23.2 Å². The third-order valence-electron chi connectivity index (χ3n) is 4.74. The molecule has 0 spiro atoms. The Morgan fingerprint density at radius 1 is 0.964 bits per heavy atom. The molecule has 0 radical (unpaired) electrons. The van der Waals surface area contributed by atoms with Crippen LogP contribution in [0.4, 0.5) is 5.82 Å². The zero-order valence-corrected chi connectivity index (χ0v) is 17.2. The lowest BCUT2D eigenvalue weighted by Gasteiger charge is -2.37. The van der Waals surface area contributed by atoms with E-state index in [0.29, 0.717) is 28.0 Å². The molecule has 0 aliphatic carbocycles. The molecule has 2 heterocycles. The van der Waals surface area contributed by atoms with E-state index in [2.05, 4.69) is 34.3 Å². The van der Waals surface area contributed by atoms with Gasteiger partial charge in [-0.2, -0.15) is 0 Å². The van der Waals surface area contributed by atoms with Gasteiger partial charge in [-0.05, 0) is 32.0 Å². The van der Waals surface area contributed by atoms with Crippen LogP contribution in [-0.4, -0.2) is 40.4 Å². The molecule has 1 saturated heterocycles. The first-order valence-corrected chi connectivity index (χ1v) is 10.0. The average Bonchev–Trinajstić information content (AvgIpc) is 2.67. The summed E-state index contributed by atoms with van der Waals surface area (Å²) in [4.78, 5) is 7.17. The summed E-state index contributed by atoms with van der Waals surface area (Å²) < 4.78 is 0. The van der Waals surface area contributed by atoms with Crippen LogP contribution in [0.1, 0.15) is 13.8 Å². The van der Waals surface area contributed by atoms with Gasteiger partial charge in [0.1, 0.15) is 5.69 Å². The number of rotatable bonds is 3. The van der Waals surface area contributed by atoms with Crippen LogP contribution in [0, 0.1) is 0 Å². The van der Waals surface area contributed by atoms with Gasteiger partial charge in [-0.3, -0.25) is 0 Å². The normalized spacial score (nSPS) is 19.6. The molecule has 0 unspecified atom stereocenters. The highest BCUT2D eigenvalue weighted by molar-refractivity contribution is 6.36. The lowest BCUT2D eigenvalue weighted by atomic mass is 10.1. The quantitative estimate of drug-likeness (QED) is 0.674. The summed E-state index contributed by atoms with van der Waals surface area (Å²) in [6, 6.07) is 16.0. The molecule has 28 heavy (non-hydrogen) atoms. The summed E-state index contributed by atoms with van der Waals surface area (Å²) in [7, 11) is 0. The molecular weight excluding hydrogens is 393 g/mol. The molecule has 1 aliphatic rings. The van der Waals surface area contributed by atoms with Gasteiger partial charge in [0.2, 0.25) is 0 Å². The first-order chi connectivity index (χ1) is 13.5. The average molecular weight is 414 g/mol. The van der Waals surface area contributed by atoms with Crippen molar-refractivity contribution in [2.24, 2.45) is 0 Å². The van der Waals surface area contributed by atoms with E-state index in [9.17, 15) is 0 Å². The molecule has 2 aromatic carbocycles. The van der Waals surface area contributed by atoms with E-state index in [-0.39, 0.29) is 0 Å². The van der Waals surface area contributed by atoms with Crippen molar-refractivity contribution in [3.63, 3.8) is 0 Å². The highest BCUT2D eigenvalue weighted by Gasteiger charge is 2.26. The Morgan fingerprint density at radius 3 is 2.36 bits per heavy atom. The fourth-order valence-corrected chi connectivity index (χ4v) is 4.10. The third kappa shape index (κ3) is 3.97. The number of anilines is 1. The van der Waals surface area contributed by atoms with Crippen LogP contribution in [0.2, 0.25) is 10.0 Å². The molecule has 1 aliphatic heterocycles. The van der Waals surface area contributed by atoms with Crippen LogP contribution < -0.4 is 10.2 Å². The maximum atomic E-state index is 6.39. The Hall–Kier alpha value is -2.21. The number of hydrogen-bond donors (Lipinski definition) is 1. The number of aromatic nitrogens is 3. The van der Waals surface area contributed by atoms with E-state index in [4.69, 9.17) is 28.2 Å². The predicted octanol–water partition coefficient (Wildman–Crippen LogP) is 4.70. The number of halogens is 2. The van der Waals surface area contributed by atoms with Crippen molar-refractivity contribution >= 4 is 29.0 Å². The third-order valence-corrected chi connectivity index (χ3v) is 5.29. The molecule has 1 N–H and O–H groups in total. The van der Waals surface area contributed by atoms with Crippen molar-refractivity contribution < 1.29 is 0 Å². The largest absolute Gasteiger partial charge is 0.352 e. The summed E-state index contributed by atoms with van der Waals surface area (Å²) in [6.45, 7) is 6.04. The second-order valence-electron chi connectivity index (χ2n) is 7.17. The minimum Gasteiger partial charge on any atom is -0.352 e. The van der Waals surface area contributed by atoms with E-state index in [1.807, 2.05) is 36.4 Å². The van der Waals surface area contributed by atoms with Gasteiger partial charge < -0.3 is 10.2 Å². The maximum Gasteiger partial charge on any atom is 0.185 e. The highest BCUT2D eigenvalue weighted by Crippen LogP contribution is 2.32. The molecule has 144 valence electrons. The van der Waals surface area contributed by atoms with Crippen LogP contribution in [0.15, 0.2) is 48.5 Å². The Labute approximate surface area is 174 Å². The molecule has 0 saturated carbocycles. The van der Waals surface area contributed by atoms with Gasteiger partial charge in [-0.1, -0.05) is 53.5 Å². The predicted molar refractivity (Wildman–Crippen MR) is 115 cm³/mol. The van der Waals surface area contributed by atoms with Crippen LogP contribution in [0.25, 0.3) is 22.6 Å². The molecule has 4 rings (SSSR count). The molecule has 2 atom stereocenters. The SMILES string of the molecule is C[C@@H]1CN(c2nc(-c3ccc(Cl)cc3Cl)nnc2-c2ccccc2)C[C@@H](C)N1. The molecule has 3 aromatic rings. The number of piperazine rings is 1. The summed E-state index contributed by atoms with van der Waals surface area (Å²) in [6.07, 6.45) is 0. The fourth-order valence-electron chi connectivity index (χ4n) is 3.61. The minimum atomic E-state index is 0.352. The van der Waals surface area contributed by atoms with Crippen LogP contribution in [-0.2, 0) is 0 Å². The molecule has 0 amide bonds. The maximum absolute atomic E-state index is 6.39. The minimum absolute atomic E-state index is 0.352. The lowest BCUT2D eigenvalue weighted by molar-refractivity contribution is 0.405. The van der Waals surface area contributed by atoms with E-state index in [1.165, 1.54) is 0 Å².